The van der Waals surface area contributed by atoms with Gasteiger partial charge in [-0.25, -0.2) is 4.98 Å². The molecule has 0 atom stereocenters. The number of hydrogen-bond donors (Lipinski definition) is 0. The number of aromatic nitrogens is 5. The van der Waals surface area contributed by atoms with Gasteiger partial charge in [-0.15, -0.1) is 0 Å². The molecule has 0 bridgehead atoms. The van der Waals surface area contributed by atoms with E-state index in [1.165, 1.54) is 16.3 Å². The van der Waals surface area contributed by atoms with Crippen molar-refractivity contribution < 1.29 is 0 Å². The summed E-state index contributed by atoms with van der Waals surface area (Å²) in [5.74, 6) is 1.85. The zero-order chi connectivity index (χ0) is 34.2. The van der Waals surface area contributed by atoms with Gasteiger partial charge >= 0.3 is 0 Å². The lowest BCUT2D eigenvalue weighted by Crippen LogP contribution is -2.06. The molecule has 52 heavy (non-hydrogen) atoms. The molecule has 3 aromatic heterocycles. The number of rotatable bonds is 4. The van der Waals surface area contributed by atoms with Gasteiger partial charge in [0.25, 0.3) is 0 Å². The number of fused-ring (bicyclic) bond motifs is 9. The molecule has 11 aromatic rings. The fourth-order valence-electron chi connectivity index (χ4n) is 8.12. The Morgan fingerprint density at radius 1 is 0.327 bits per heavy atom. The summed E-state index contributed by atoms with van der Waals surface area (Å²) in [6.45, 7) is 0. The Balaban J connectivity index is 1.28. The summed E-state index contributed by atoms with van der Waals surface area (Å²) < 4.78 is 4.63. The van der Waals surface area contributed by atoms with Crippen LogP contribution in [0.1, 0.15) is 0 Å². The van der Waals surface area contributed by atoms with Gasteiger partial charge in [0, 0.05) is 38.4 Å². The van der Waals surface area contributed by atoms with E-state index in [0.29, 0.717) is 17.6 Å². The van der Waals surface area contributed by atoms with Gasteiger partial charge in [0.15, 0.2) is 11.6 Å². The van der Waals surface area contributed by atoms with Crippen molar-refractivity contribution >= 4 is 65.2 Å². The highest BCUT2D eigenvalue weighted by molar-refractivity contribution is 6.26. The Morgan fingerprint density at radius 3 is 1.50 bits per heavy atom. The standard InChI is InChI=1S/C47H29N5/c1-2-18-32(19-3-1)51-40-26-10-8-22-35(40)36-28-29-42-43(44(36)51)39-23-9-11-27-41(39)52(42)47-49-45(37-24-12-16-30-14-4-6-20-33(30)37)48-46(50-47)38-25-13-17-31-15-5-7-21-34(31)38/h1-29H. The third-order valence-electron chi connectivity index (χ3n) is 10.4. The molecule has 8 aromatic carbocycles. The summed E-state index contributed by atoms with van der Waals surface area (Å²) in [6, 6.07) is 61.9. The minimum Gasteiger partial charge on any atom is -0.309 e. The van der Waals surface area contributed by atoms with E-state index in [9.17, 15) is 0 Å². The van der Waals surface area contributed by atoms with Crippen molar-refractivity contribution in [1.82, 2.24) is 24.1 Å². The van der Waals surface area contributed by atoms with E-state index in [1.807, 2.05) is 0 Å². The van der Waals surface area contributed by atoms with E-state index in [1.54, 1.807) is 0 Å². The lowest BCUT2D eigenvalue weighted by atomic mass is 10.0. The Kier molecular flexibility index (Phi) is 6.18. The molecule has 0 amide bonds. The quantitative estimate of drug-likeness (QED) is 0.188. The molecular formula is C47H29N5. The first-order valence-corrected chi connectivity index (χ1v) is 17.6. The first-order chi connectivity index (χ1) is 25.8. The Hall–Kier alpha value is -7.11. The lowest BCUT2D eigenvalue weighted by molar-refractivity contribution is 0.955. The Morgan fingerprint density at radius 2 is 0.846 bits per heavy atom. The molecular weight excluding hydrogens is 635 g/mol. The fraction of sp³-hybridized carbons (Fsp3) is 0. The fourth-order valence-corrected chi connectivity index (χ4v) is 8.12. The maximum absolute atomic E-state index is 5.34. The van der Waals surface area contributed by atoms with Gasteiger partial charge in [-0.05, 0) is 51.9 Å². The van der Waals surface area contributed by atoms with Crippen LogP contribution in [-0.2, 0) is 0 Å². The summed E-state index contributed by atoms with van der Waals surface area (Å²) in [5.41, 5.74) is 7.46. The maximum atomic E-state index is 5.34. The zero-order valence-corrected chi connectivity index (χ0v) is 28.0. The highest BCUT2D eigenvalue weighted by Crippen LogP contribution is 2.42. The number of benzene rings is 8. The van der Waals surface area contributed by atoms with E-state index < -0.39 is 0 Å². The molecule has 0 saturated carbocycles. The molecule has 0 aliphatic heterocycles. The van der Waals surface area contributed by atoms with Crippen LogP contribution in [0.3, 0.4) is 0 Å². The molecule has 11 rings (SSSR count). The second kappa shape index (κ2) is 11.2. The second-order valence-corrected chi connectivity index (χ2v) is 13.2. The van der Waals surface area contributed by atoms with Crippen LogP contribution in [0.4, 0.5) is 0 Å². The number of nitrogens with zero attached hydrogens (tertiary/aromatic N) is 5. The van der Waals surface area contributed by atoms with Gasteiger partial charge in [-0.2, -0.15) is 9.97 Å². The monoisotopic (exact) mass is 663 g/mol. The average molecular weight is 664 g/mol. The van der Waals surface area contributed by atoms with Crippen LogP contribution in [0.5, 0.6) is 0 Å². The van der Waals surface area contributed by atoms with Gasteiger partial charge in [-0.3, -0.25) is 4.57 Å². The van der Waals surface area contributed by atoms with Crippen LogP contribution in [-0.4, -0.2) is 24.1 Å². The molecule has 0 saturated heterocycles. The van der Waals surface area contributed by atoms with Crippen molar-refractivity contribution in [3.63, 3.8) is 0 Å². The zero-order valence-electron chi connectivity index (χ0n) is 28.0. The topological polar surface area (TPSA) is 48.5 Å². The van der Waals surface area contributed by atoms with E-state index in [4.69, 9.17) is 15.0 Å². The summed E-state index contributed by atoms with van der Waals surface area (Å²) >= 11 is 0. The van der Waals surface area contributed by atoms with Crippen molar-refractivity contribution in [3.8, 4) is 34.4 Å². The van der Waals surface area contributed by atoms with Crippen LogP contribution >= 0.6 is 0 Å². The summed E-state index contributed by atoms with van der Waals surface area (Å²) in [7, 11) is 0. The maximum Gasteiger partial charge on any atom is 0.238 e. The first-order valence-electron chi connectivity index (χ1n) is 17.6. The summed E-state index contributed by atoms with van der Waals surface area (Å²) in [6.07, 6.45) is 0. The van der Waals surface area contributed by atoms with Crippen LogP contribution in [0.2, 0.25) is 0 Å². The van der Waals surface area contributed by atoms with Crippen LogP contribution < -0.4 is 0 Å². The highest BCUT2D eigenvalue weighted by atomic mass is 15.2. The van der Waals surface area contributed by atoms with Crippen LogP contribution in [0.25, 0.3) is 99.6 Å². The van der Waals surface area contributed by atoms with Crippen molar-refractivity contribution in [3.05, 3.63) is 176 Å². The molecule has 3 heterocycles. The van der Waals surface area contributed by atoms with Gasteiger partial charge < -0.3 is 4.57 Å². The van der Waals surface area contributed by atoms with E-state index in [2.05, 4.69) is 185 Å². The predicted molar refractivity (Wildman–Crippen MR) is 214 cm³/mol. The SMILES string of the molecule is c1ccc(-n2c3ccccc3c3ccc4c(c5ccccc5n4-c4nc(-c5cccc6ccccc56)nc(-c5cccc6ccccc56)n4)c32)cc1. The lowest BCUT2D eigenvalue weighted by Gasteiger charge is -2.13. The van der Waals surface area contributed by atoms with Crippen molar-refractivity contribution in [2.75, 3.05) is 0 Å². The number of hydrogen-bond acceptors (Lipinski definition) is 3. The smallest absolute Gasteiger partial charge is 0.238 e. The minimum absolute atomic E-state index is 0.578. The first kappa shape index (κ1) is 28.7. The minimum atomic E-state index is 0.578. The molecule has 5 nitrogen and oxygen atoms in total. The van der Waals surface area contributed by atoms with Crippen molar-refractivity contribution in [1.29, 1.82) is 0 Å². The highest BCUT2D eigenvalue weighted by Gasteiger charge is 2.23. The largest absolute Gasteiger partial charge is 0.309 e. The van der Waals surface area contributed by atoms with E-state index in [0.717, 1.165) is 65.7 Å². The summed E-state index contributed by atoms with van der Waals surface area (Å²) in [4.78, 5) is 15.9. The Bertz CT molecular complexity index is 3080. The van der Waals surface area contributed by atoms with E-state index >= 15 is 0 Å². The van der Waals surface area contributed by atoms with E-state index in [-0.39, 0.29) is 0 Å². The van der Waals surface area contributed by atoms with Crippen LogP contribution in [0.15, 0.2) is 176 Å². The molecule has 0 fully saturated rings. The Labute approximate surface area is 298 Å². The molecule has 0 radical (unpaired) electrons. The molecule has 0 unspecified atom stereocenters. The van der Waals surface area contributed by atoms with Gasteiger partial charge in [0.1, 0.15) is 0 Å². The van der Waals surface area contributed by atoms with Crippen molar-refractivity contribution in [2.24, 2.45) is 0 Å². The van der Waals surface area contributed by atoms with Gasteiger partial charge in [-0.1, -0.05) is 146 Å². The predicted octanol–water partition coefficient (Wildman–Crippen LogP) is 11.7. The molecule has 0 spiro atoms. The third-order valence-corrected chi connectivity index (χ3v) is 10.4. The van der Waals surface area contributed by atoms with Crippen molar-refractivity contribution in [2.45, 2.75) is 0 Å². The number of para-hydroxylation sites is 3. The molecule has 0 N–H and O–H groups in total. The average Bonchev–Trinajstić information content (AvgIpc) is 3.73. The molecule has 0 aliphatic rings. The van der Waals surface area contributed by atoms with Gasteiger partial charge in [0.2, 0.25) is 5.95 Å². The molecule has 242 valence electrons. The third kappa shape index (κ3) is 4.20. The van der Waals surface area contributed by atoms with Crippen LogP contribution in [0, 0.1) is 0 Å². The second-order valence-electron chi connectivity index (χ2n) is 13.2. The molecule has 5 heteroatoms. The molecule has 0 aliphatic carbocycles. The normalized spacial score (nSPS) is 11.8. The summed E-state index contributed by atoms with van der Waals surface area (Å²) in [5, 5.41) is 9.21. The van der Waals surface area contributed by atoms with Gasteiger partial charge in [0.05, 0.1) is 22.1 Å².